The molecular formula is C12H13N3O3. The average Bonchev–Trinajstić information content (AvgIpc) is 2.39. The van der Waals surface area contributed by atoms with Crippen molar-refractivity contribution in [1.82, 2.24) is 5.32 Å². The third-order valence-electron chi connectivity index (χ3n) is 2.10. The summed E-state index contributed by atoms with van der Waals surface area (Å²) in [7, 11) is 0. The second-order valence-electron chi connectivity index (χ2n) is 3.48. The Kier molecular flexibility index (Phi) is 5.35. The van der Waals surface area contributed by atoms with Gasteiger partial charge in [0.2, 0.25) is 0 Å². The van der Waals surface area contributed by atoms with Crippen LogP contribution >= 0.6 is 0 Å². The minimum absolute atomic E-state index is 0.0441. The Morgan fingerprint density at radius 3 is 2.44 bits per heavy atom. The summed E-state index contributed by atoms with van der Waals surface area (Å²) < 4.78 is 0. The molecule has 0 atom stereocenters. The largest absolute Gasteiger partial charge is 0.396 e. The van der Waals surface area contributed by atoms with Crippen LogP contribution in [-0.2, 0) is 9.59 Å². The van der Waals surface area contributed by atoms with E-state index in [-0.39, 0.29) is 13.2 Å². The maximum Gasteiger partial charge on any atom is 0.313 e. The van der Waals surface area contributed by atoms with Crippen molar-refractivity contribution in [2.45, 2.75) is 6.42 Å². The zero-order valence-corrected chi connectivity index (χ0v) is 9.64. The summed E-state index contributed by atoms with van der Waals surface area (Å²) in [5, 5.41) is 21.9. The Balaban J connectivity index is 2.48. The smallest absolute Gasteiger partial charge is 0.313 e. The monoisotopic (exact) mass is 247 g/mol. The van der Waals surface area contributed by atoms with Crippen LogP contribution < -0.4 is 10.6 Å². The number of carbonyl (C=O) groups excluding carboxylic acids is 2. The van der Waals surface area contributed by atoms with Crippen LogP contribution in [0.25, 0.3) is 0 Å². The Morgan fingerprint density at radius 2 is 1.89 bits per heavy atom. The third kappa shape index (κ3) is 4.23. The summed E-state index contributed by atoms with van der Waals surface area (Å²) in [5.41, 5.74) is 0.914. The number of aliphatic hydroxyl groups excluding tert-OH is 1. The summed E-state index contributed by atoms with van der Waals surface area (Å²) in [6.07, 6.45) is 0.399. The number of amides is 2. The van der Waals surface area contributed by atoms with E-state index >= 15 is 0 Å². The number of nitriles is 1. The van der Waals surface area contributed by atoms with Gasteiger partial charge in [0.25, 0.3) is 0 Å². The number of aliphatic hydroxyl groups is 1. The summed E-state index contributed by atoms with van der Waals surface area (Å²) in [6, 6.07) is 8.11. The Morgan fingerprint density at radius 1 is 1.22 bits per heavy atom. The summed E-state index contributed by atoms with van der Waals surface area (Å²) in [6.45, 7) is 0.202. The fourth-order valence-electron chi connectivity index (χ4n) is 1.18. The lowest BCUT2D eigenvalue weighted by atomic mass is 10.2. The van der Waals surface area contributed by atoms with Crippen molar-refractivity contribution in [2.75, 3.05) is 18.5 Å². The Bertz CT molecular complexity index is 462. The molecule has 0 aromatic heterocycles. The third-order valence-corrected chi connectivity index (χ3v) is 2.10. The van der Waals surface area contributed by atoms with E-state index in [2.05, 4.69) is 10.6 Å². The molecule has 1 rings (SSSR count). The molecule has 3 N–H and O–H groups in total. The van der Waals surface area contributed by atoms with E-state index in [1.807, 2.05) is 6.07 Å². The molecule has 18 heavy (non-hydrogen) atoms. The maximum absolute atomic E-state index is 11.4. The fourth-order valence-corrected chi connectivity index (χ4v) is 1.18. The van der Waals surface area contributed by atoms with E-state index in [0.29, 0.717) is 17.7 Å². The number of nitrogens with zero attached hydrogens (tertiary/aromatic N) is 1. The standard InChI is InChI=1S/C12H13N3O3/c13-8-9-2-4-10(5-3-9)15-12(18)11(17)14-6-1-7-16/h2-5,16H,1,6-7H2,(H,14,17)(H,15,18). The van der Waals surface area contributed by atoms with Crippen molar-refractivity contribution in [3.8, 4) is 6.07 Å². The average molecular weight is 247 g/mol. The Hall–Kier alpha value is -2.39. The van der Waals surface area contributed by atoms with Gasteiger partial charge < -0.3 is 15.7 Å². The molecule has 0 radical (unpaired) electrons. The first kappa shape index (κ1) is 13.7. The lowest BCUT2D eigenvalue weighted by Crippen LogP contribution is -2.36. The van der Waals surface area contributed by atoms with Crippen molar-refractivity contribution in [3.63, 3.8) is 0 Å². The van der Waals surface area contributed by atoms with Gasteiger partial charge in [0.15, 0.2) is 0 Å². The van der Waals surface area contributed by atoms with E-state index in [1.54, 1.807) is 12.1 Å². The zero-order valence-electron chi connectivity index (χ0n) is 9.64. The number of hydrogen-bond donors (Lipinski definition) is 3. The van der Waals surface area contributed by atoms with E-state index < -0.39 is 11.8 Å². The van der Waals surface area contributed by atoms with Crippen molar-refractivity contribution in [3.05, 3.63) is 29.8 Å². The number of rotatable bonds is 4. The molecule has 0 aliphatic heterocycles. The van der Waals surface area contributed by atoms with Crippen LogP contribution in [0.1, 0.15) is 12.0 Å². The van der Waals surface area contributed by atoms with Crippen LogP contribution in [0.4, 0.5) is 5.69 Å². The van der Waals surface area contributed by atoms with Crippen LogP contribution in [0.2, 0.25) is 0 Å². The highest BCUT2D eigenvalue weighted by atomic mass is 16.3. The lowest BCUT2D eigenvalue weighted by Gasteiger charge is -2.05. The second-order valence-corrected chi connectivity index (χ2v) is 3.48. The van der Waals surface area contributed by atoms with Crippen LogP contribution in [-0.4, -0.2) is 30.1 Å². The molecule has 1 aromatic rings. The van der Waals surface area contributed by atoms with Gasteiger partial charge in [-0.05, 0) is 30.7 Å². The van der Waals surface area contributed by atoms with Gasteiger partial charge in [0.1, 0.15) is 0 Å². The van der Waals surface area contributed by atoms with Crippen molar-refractivity contribution >= 4 is 17.5 Å². The maximum atomic E-state index is 11.4. The summed E-state index contributed by atoms with van der Waals surface area (Å²) in [4.78, 5) is 22.7. The highest BCUT2D eigenvalue weighted by molar-refractivity contribution is 6.39. The SMILES string of the molecule is N#Cc1ccc(NC(=O)C(=O)NCCCO)cc1. The molecular weight excluding hydrogens is 234 g/mol. The van der Waals surface area contributed by atoms with Gasteiger partial charge in [-0.3, -0.25) is 9.59 Å². The predicted octanol–water partition coefficient (Wildman–Crippen LogP) is -0.00462. The number of carbonyl (C=O) groups is 2. The predicted molar refractivity (Wildman–Crippen MR) is 64.5 cm³/mol. The molecule has 0 fully saturated rings. The van der Waals surface area contributed by atoms with Gasteiger partial charge in [0, 0.05) is 18.8 Å². The van der Waals surface area contributed by atoms with Crippen LogP contribution in [0.5, 0.6) is 0 Å². The molecule has 0 aliphatic carbocycles. The first-order chi connectivity index (χ1) is 8.67. The van der Waals surface area contributed by atoms with Gasteiger partial charge in [-0.25, -0.2) is 0 Å². The van der Waals surface area contributed by atoms with Crippen molar-refractivity contribution < 1.29 is 14.7 Å². The van der Waals surface area contributed by atoms with Gasteiger partial charge in [-0.15, -0.1) is 0 Å². The second kappa shape index (κ2) is 7.04. The molecule has 6 heteroatoms. The quantitative estimate of drug-likeness (QED) is 0.514. The van der Waals surface area contributed by atoms with Crippen molar-refractivity contribution in [2.24, 2.45) is 0 Å². The minimum Gasteiger partial charge on any atom is -0.396 e. The molecule has 0 spiro atoms. The molecule has 94 valence electrons. The highest BCUT2D eigenvalue weighted by Crippen LogP contribution is 2.08. The zero-order chi connectivity index (χ0) is 13.4. The van der Waals surface area contributed by atoms with Crippen LogP contribution in [0.15, 0.2) is 24.3 Å². The molecule has 2 amide bonds. The minimum atomic E-state index is -0.780. The number of hydrogen-bond acceptors (Lipinski definition) is 4. The van der Waals surface area contributed by atoms with Crippen LogP contribution in [0.3, 0.4) is 0 Å². The number of anilines is 1. The van der Waals surface area contributed by atoms with E-state index in [9.17, 15) is 9.59 Å². The van der Waals surface area contributed by atoms with Gasteiger partial charge >= 0.3 is 11.8 Å². The highest BCUT2D eigenvalue weighted by Gasteiger charge is 2.12. The number of nitrogens with one attached hydrogen (secondary N) is 2. The summed E-state index contributed by atoms with van der Waals surface area (Å²) in [5.74, 6) is -1.54. The van der Waals surface area contributed by atoms with E-state index in [4.69, 9.17) is 10.4 Å². The molecule has 0 unspecified atom stereocenters. The number of benzene rings is 1. The van der Waals surface area contributed by atoms with Crippen molar-refractivity contribution in [1.29, 1.82) is 5.26 Å². The molecule has 0 saturated carbocycles. The van der Waals surface area contributed by atoms with Gasteiger partial charge in [-0.1, -0.05) is 0 Å². The van der Waals surface area contributed by atoms with E-state index in [1.165, 1.54) is 12.1 Å². The molecule has 0 aliphatic rings. The van der Waals surface area contributed by atoms with E-state index in [0.717, 1.165) is 0 Å². The fraction of sp³-hybridized carbons (Fsp3) is 0.250. The summed E-state index contributed by atoms with van der Waals surface area (Å²) >= 11 is 0. The first-order valence-corrected chi connectivity index (χ1v) is 5.37. The van der Waals surface area contributed by atoms with Gasteiger partial charge in [-0.2, -0.15) is 5.26 Å². The topological polar surface area (TPSA) is 102 Å². The lowest BCUT2D eigenvalue weighted by molar-refractivity contribution is -0.136. The molecule has 0 saturated heterocycles. The molecule has 6 nitrogen and oxygen atoms in total. The normalized spacial score (nSPS) is 9.33. The molecule has 0 bridgehead atoms. The van der Waals surface area contributed by atoms with Gasteiger partial charge in [0.05, 0.1) is 11.6 Å². The molecule has 1 aromatic carbocycles. The molecule has 0 heterocycles. The first-order valence-electron chi connectivity index (χ1n) is 5.37. The Labute approximate surface area is 104 Å². The van der Waals surface area contributed by atoms with Crippen LogP contribution in [0, 0.1) is 11.3 Å².